The van der Waals surface area contributed by atoms with Gasteiger partial charge in [0, 0.05) is 4.47 Å². The average Bonchev–Trinajstić information content (AvgIpc) is 2.10. The van der Waals surface area contributed by atoms with E-state index in [1.807, 2.05) is 0 Å². The number of hydrogen-bond donors (Lipinski definition) is 2. The SMILES string of the molecule is CCOc1ccc(Br)c(C(N)=O)c1O. The van der Waals surface area contributed by atoms with Crippen LogP contribution in [-0.2, 0) is 0 Å². The smallest absolute Gasteiger partial charge is 0.253 e. The molecule has 0 saturated heterocycles. The average molecular weight is 260 g/mol. The van der Waals surface area contributed by atoms with Crippen LogP contribution in [0, 0.1) is 0 Å². The van der Waals surface area contributed by atoms with E-state index in [2.05, 4.69) is 15.9 Å². The summed E-state index contributed by atoms with van der Waals surface area (Å²) in [5, 5.41) is 9.62. The summed E-state index contributed by atoms with van der Waals surface area (Å²) in [6.45, 7) is 2.19. The summed E-state index contributed by atoms with van der Waals surface area (Å²) in [6, 6.07) is 3.17. The molecule has 0 bridgehead atoms. The van der Waals surface area contributed by atoms with Crippen LogP contribution in [0.25, 0.3) is 0 Å². The molecule has 0 aliphatic carbocycles. The third-order valence-electron chi connectivity index (χ3n) is 1.64. The highest BCUT2D eigenvalue weighted by Crippen LogP contribution is 2.34. The van der Waals surface area contributed by atoms with Gasteiger partial charge in [-0.1, -0.05) is 0 Å². The molecule has 0 aliphatic rings. The molecule has 5 heteroatoms. The number of rotatable bonds is 3. The van der Waals surface area contributed by atoms with E-state index in [0.717, 1.165) is 0 Å². The second kappa shape index (κ2) is 4.32. The highest BCUT2D eigenvalue weighted by molar-refractivity contribution is 9.10. The molecular formula is C9H10BrNO3. The van der Waals surface area contributed by atoms with Crippen LogP contribution in [0.2, 0.25) is 0 Å². The third-order valence-corrected chi connectivity index (χ3v) is 2.30. The van der Waals surface area contributed by atoms with Gasteiger partial charge in [-0.25, -0.2) is 0 Å². The Balaban J connectivity index is 3.26. The van der Waals surface area contributed by atoms with Crippen molar-refractivity contribution in [3.8, 4) is 11.5 Å². The van der Waals surface area contributed by atoms with Gasteiger partial charge >= 0.3 is 0 Å². The Hall–Kier alpha value is -1.23. The molecule has 0 saturated carbocycles. The van der Waals surface area contributed by atoms with Crippen molar-refractivity contribution in [3.63, 3.8) is 0 Å². The first-order chi connectivity index (χ1) is 6.57. The van der Waals surface area contributed by atoms with Crippen LogP contribution in [0.4, 0.5) is 0 Å². The van der Waals surface area contributed by atoms with Gasteiger partial charge in [-0.15, -0.1) is 0 Å². The minimum atomic E-state index is -0.698. The highest BCUT2D eigenvalue weighted by Gasteiger charge is 2.16. The van der Waals surface area contributed by atoms with Gasteiger partial charge in [0.15, 0.2) is 11.5 Å². The summed E-state index contributed by atoms with van der Waals surface area (Å²) in [5.74, 6) is -0.672. The topological polar surface area (TPSA) is 72.5 Å². The van der Waals surface area contributed by atoms with Crippen molar-refractivity contribution in [1.82, 2.24) is 0 Å². The van der Waals surface area contributed by atoms with Crippen molar-refractivity contribution in [2.75, 3.05) is 6.61 Å². The van der Waals surface area contributed by atoms with Gasteiger partial charge in [0.2, 0.25) is 0 Å². The summed E-state index contributed by atoms with van der Waals surface area (Å²) in [5.41, 5.74) is 5.13. The Morgan fingerprint density at radius 2 is 2.29 bits per heavy atom. The van der Waals surface area contributed by atoms with Crippen molar-refractivity contribution in [2.45, 2.75) is 6.92 Å². The number of halogens is 1. The Kier molecular flexibility index (Phi) is 3.35. The van der Waals surface area contributed by atoms with E-state index in [1.54, 1.807) is 19.1 Å². The zero-order chi connectivity index (χ0) is 10.7. The summed E-state index contributed by atoms with van der Waals surface area (Å²) >= 11 is 3.12. The lowest BCUT2D eigenvalue weighted by Crippen LogP contribution is -2.12. The highest BCUT2D eigenvalue weighted by atomic mass is 79.9. The molecule has 0 heterocycles. The van der Waals surface area contributed by atoms with Crippen LogP contribution in [0.3, 0.4) is 0 Å². The van der Waals surface area contributed by atoms with E-state index < -0.39 is 5.91 Å². The summed E-state index contributed by atoms with van der Waals surface area (Å²) < 4.78 is 5.55. The number of phenols is 1. The maximum atomic E-state index is 11.0. The maximum Gasteiger partial charge on any atom is 0.253 e. The molecular weight excluding hydrogens is 250 g/mol. The fourth-order valence-electron chi connectivity index (χ4n) is 1.05. The van der Waals surface area contributed by atoms with Crippen LogP contribution in [0.1, 0.15) is 17.3 Å². The first-order valence-electron chi connectivity index (χ1n) is 4.02. The third kappa shape index (κ3) is 1.98. The van der Waals surface area contributed by atoms with Crippen LogP contribution < -0.4 is 10.5 Å². The molecule has 1 aromatic rings. The number of aromatic hydroxyl groups is 1. The molecule has 1 amide bonds. The molecule has 1 rings (SSSR count). The predicted octanol–water partition coefficient (Wildman–Crippen LogP) is 1.65. The maximum absolute atomic E-state index is 11.0. The minimum Gasteiger partial charge on any atom is -0.504 e. The van der Waals surface area contributed by atoms with Crippen LogP contribution in [-0.4, -0.2) is 17.6 Å². The molecule has 0 aromatic heterocycles. The summed E-state index contributed by atoms with van der Waals surface area (Å²) in [4.78, 5) is 11.0. The molecule has 4 nitrogen and oxygen atoms in total. The van der Waals surface area contributed by atoms with E-state index in [1.165, 1.54) is 0 Å². The molecule has 76 valence electrons. The molecule has 0 unspecified atom stereocenters. The zero-order valence-electron chi connectivity index (χ0n) is 7.58. The molecule has 1 aromatic carbocycles. The molecule has 14 heavy (non-hydrogen) atoms. The molecule has 0 fully saturated rings. The first-order valence-corrected chi connectivity index (χ1v) is 4.81. The normalized spacial score (nSPS) is 9.86. The van der Waals surface area contributed by atoms with Gasteiger partial charge < -0.3 is 15.6 Å². The van der Waals surface area contributed by atoms with Crippen molar-refractivity contribution in [1.29, 1.82) is 0 Å². The van der Waals surface area contributed by atoms with Crippen LogP contribution >= 0.6 is 15.9 Å². The Labute approximate surface area is 89.8 Å². The number of hydrogen-bond acceptors (Lipinski definition) is 3. The molecule has 3 N–H and O–H groups in total. The van der Waals surface area contributed by atoms with E-state index in [9.17, 15) is 9.90 Å². The molecule has 0 aliphatic heterocycles. The van der Waals surface area contributed by atoms with Crippen molar-refractivity contribution >= 4 is 21.8 Å². The molecule has 0 atom stereocenters. The van der Waals surface area contributed by atoms with Gasteiger partial charge in [0.1, 0.15) is 0 Å². The summed E-state index contributed by atoms with van der Waals surface area (Å²) in [6.07, 6.45) is 0. The lowest BCUT2D eigenvalue weighted by atomic mass is 10.2. The van der Waals surface area contributed by atoms with Crippen LogP contribution in [0.5, 0.6) is 11.5 Å². The van der Waals surface area contributed by atoms with Crippen molar-refractivity contribution < 1.29 is 14.6 Å². The monoisotopic (exact) mass is 259 g/mol. The largest absolute Gasteiger partial charge is 0.504 e. The van der Waals surface area contributed by atoms with E-state index in [4.69, 9.17) is 10.5 Å². The van der Waals surface area contributed by atoms with Gasteiger partial charge in [-0.05, 0) is 35.0 Å². The second-order valence-corrected chi connectivity index (χ2v) is 3.42. The Bertz CT molecular complexity index is 365. The summed E-state index contributed by atoms with van der Waals surface area (Å²) in [7, 11) is 0. The quantitative estimate of drug-likeness (QED) is 0.867. The minimum absolute atomic E-state index is 0.0379. The molecule has 0 radical (unpaired) electrons. The van der Waals surface area contributed by atoms with Gasteiger partial charge in [-0.3, -0.25) is 4.79 Å². The van der Waals surface area contributed by atoms with Crippen LogP contribution in [0.15, 0.2) is 16.6 Å². The number of nitrogens with two attached hydrogens (primary N) is 1. The lowest BCUT2D eigenvalue weighted by Gasteiger charge is -2.09. The number of ether oxygens (including phenoxy) is 1. The van der Waals surface area contributed by atoms with E-state index >= 15 is 0 Å². The number of amides is 1. The zero-order valence-corrected chi connectivity index (χ0v) is 9.17. The van der Waals surface area contributed by atoms with E-state index in [0.29, 0.717) is 11.1 Å². The van der Waals surface area contributed by atoms with Gasteiger partial charge in [-0.2, -0.15) is 0 Å². The fraction of sp³-hybridized carbons (Fsp3) is 0.222. The van der Waals surface area contributed by atoms with Crippen molar-refractivity contribution in [3.05, 3.63) is 22.2 Å². The Morgan fingerprint density at radius 1 is 1.64 bits per heavy atom. The molecule has 0 spiro atoms. The number of benzene rings is 1. The fourth-order valence-corrected chi connectivity index (χ4v) is 1.57. The lowest BCUT2D eigenvalue weighted by molar-refractivity contribution is 0.0996. The van der Waals surface area contributed by atoms with Crippen molar-refractivity contribution in [2.24, 2.45) is 5.73 Å². The van der Waals surface area contributed by atoms with Gasteiger partial charge in [0.05, 0.1) is 12.2 Å². The first kappa shape index (κ1) is 10.8. The van der Waals surface area contributed by atoms with E-state index in [-0.39, 0.29) is 17.1 Å². The number of carbonyl (C=O) groups excluding carboxylic acids is 1. The standard InChI is InChI=1S/C9H10BrNO3/c1-2-14-6-4-3-5(10)7(8(6)12)9(11)13/h3-4,12H,2H2,1H3,(H2,11,13). The number of primary amides is 1. The Morgan fingerprint density at radius 3 is 2.79 bits per heavy atom. The van der Waals surface area contributed by atoms with Gasteiger partial charge in [0.25, 0.3) is 5.91 Å². The second-order valence-electron chi connectivity index (χ2n) is 2.57. The number of carbonyl (C=O) groups is 1. The predicted molar refractivity (Wildman–Crippen MR) is 55.5 cm³/mol.